The van der Waals surface area contributed by atoms with Gasteiger partial charge >= 0.3 is 5.69 Å². The Morgan fingerprint density at radius 3 is 2.57 bits per heavy atom. The van der Waals surface area contributed by atoms with E-state index in [1.807, 2.05) is 29.7 Å². The summed E-state index contributed by atoms with van der Waals surface area (Å²) in [5.74, 6) is 0.909. The van der Waals surface area contributed by atoms with Crippen LogP contribution < -0.4 is 16.0 Å². The van der Waals surface area contributed by atoms with Crippen molar-refractivity contribution < 1.29 is 9.53 Å². The normalized spacial score (nSPS) is 11.4. The number of nitrogens with zero attached hydrogens (tertiary/aromatic N) is 5. The Kier molecular flexibility index (Phi) is 3.95. The van der Waals surface area contributed by atoms with Crippen molar-refractivity contribution in [1.29, 1.82) is 0 Å². The third kappa shape index (κ3) is 2.47. The number of hydrogen-bond acceptors (Lipinski definition) is 5. The Hall–Kier alpha value is -3.62. The van der Waals surface area contributed by atoms with Crippen LogP contribution in [0.15, 0.2) is 40.1 Å². The van der Waals surface area contributed by atoms with Crippen LogP contribution in [0, 0.1) is 6.92 Å². The third-order valence-electron chi connectivity index (χ3n) is 4.68. The van der Waals surface area contributed by atoms with E-state index >= 15 is 0 Å². The average molecular weight is 381 g/mol. The van der Waals surface area contributed by atoms with Gasteiger partial charge in [-0.2, -0.15) is 4.98 Å². The monoisotopic (exact) mass is 381 g/mol. The molecule has 0 fully saturated rings. The van der Waals surface area contributed by atoms with Gasteiger partial charge < -0.3 is 4.74 Å². The second kappa shape index (κ2) is 6.22. The highest BCUT2D eigenvalue weighted by molar-refractivity contribution is 5.78. The zero-order valence-corrected chi connectivity index (χ0v) is 16.0. The van der Waals surface area contributed by atoms with Gasteiger partial charge in [0.1, 0.15) is 12.4 Å². The fraction of sp³-hybridized carbons (Fsp3) is 0.263. The van der Waals surface area contributed by atoms with Crippen molar-refractivity contribution in [3.8, 4) is 11.4 Å². The molecule has 9 nitrogen and oxygen atoms in total. The second-order valence-electron chi connectivity index (χ2n) is 6.72. The Morgan fingerprint density at radius 2 is 1.86 bits per heavy atom. The van der Waals surface area contributed by atoms with E-state index in [-0.39, 0.29) is 12.4 Å². The number of carbonyl (C=O) groups excluding carboxylic acids is 1. The van der Waals surface area contributed by atoms with Crippen LogP contribution >= 0.6 is 0 Å². The highest BCUT2D eigenvalue weighted by Gasteiger charge is 2.21. The van der Waals surface area contributed by atoms with E-state index in [0.717, 1.165) is 10.3 Å². The standard InChI is InChI=1S/C19H19N5O4/c1-11-9-23-15-16(21(3)19(27)22(4)17(15)26)20-18(23)24(11)13-7-5-6-8-14(13)28-10-12(2)25/h5-9H,10H2,1-4H3. The number of ketones is 1. The Bertz CT molecular complexity index is 1370. The molecular formula is C19H19N5O4. The van der Waals surface area contributed by atoms with Crippen LogP contribution in [-0.2, 0) is 18.9 Å². The lowest BCUT2D eigenvalue weighted by atomic mass is 10.3. The SMILES string of the molecule is CC(=O)COc1ccccc1-n1c(C)cn2c3c(=O)n(C)c(=O)n(C)c3nc12. The van der Waals surface area contributed by atoms with E-state index in [2.05, 4.69) is 4.98 Å². The number of imidazole rings is 2. The van der Waals surface area contributed by atoms with Gasteiger partial charge in [0.15, 0.2) is 16.9 Å². The number of aryl methyl sites for hydroxylation is 2. The molecule has 0 saturated heterocycles. The van der Waals surface area contributed by atoms with Crippen molar-refractivity contribution in [3.63, 3.8) is 0 Å². The predicted molar refractivity (Wildman–Crippen MR) is 103 cm³/mol. The Morgan fingerprint density at radius 1 is 1.14 bits per heavy atom. The summed E-state index contributed by atoms with van der Waals surface area (Å²) in [6, 6.07) is 7.28. The zero-order valence-electron chi connectivity index (χ0n) is 16.0. The maximum Gasteiger partial charge on any atom is 0.332 e. The van der Waals surface area contributed by atoms with Crippen LogP contribution in [0.25, 0.3) is 22.6 Å². The summed E-state index contributed by atoms with van der Waals surface area (Å²) in [6.07, 6.45) is 1.79. The molecule has 144 valence electrons. The van der Waals surface area contributed by atoms with E-state index < -0.39 is 11.2 Å². The molecule has 3 aromatic heterocycles. The van der Waals surface area contributed by atoms with Gasteiger partial charge in [-0.15, -0.1) is 0 Å². The van der Waals surface area contributed by atoms with Gasteiger partial charge in [0.25, 0.3) is 5.56 Å². The number of carbonyl (C=O) groups is 1. The molecule has 0 amide bonds. The summed E-state index contributed by atoms with van der Waals surface area (Å²) in [4.78, 5) is 40.8. The van der Waals surface area contributed by atoms with Gasteiger partial charge in [-0.05, 0) is 26.0 Å². The molecule has 9 heteroatoms. The summed E-state index contributed by atoms with van der Waals surface area (Å²) in [6.45, 7) is 3.30. The molecule has 3 heterocycles. The molecule has 0 N–H and O–H groups in total. The maximum atomic E-state index is 12.7. The lowest BCUT2D eigenvalue weighted by molar-refractivity contribution is -0.118. The minimum absolute atomic E-state index is 0.0426. The molecule has 0 bridgehead atoms. The number of benzene rings is 1. The number of para-hydroxylation sites is 2. The zero-order chi connectivity index (χ0) is 20.2. The number of Topliss-reactive ketones (excluding diaryl/α,β-unsaturated/α-hetero) is 1. The fourth-order valence-corrected chi connectivity index (χ4v) is 3.33. The van der Waals surface area contributed by atoms with Gasteiger partial charge in [-0.25, -0.2) is 4.79 Å². The molecule has 0 aliphatic rings. The number of aromatic nitrogens is 5. The molecule has 4 rings (SSSR count). The van der Waals surface area contributed by atoms with Crippen LogP contribution in [0.4, 0.5) is 0 Å². The van der Waals surface area contributed by atoms with Crippen molar-refractivity contribution >= 4 is 22.7 Å². The fourth-order valence-electron chi connectivity index (χ4n) is 3.33. The number of fused-ring (bicyclic) bond motifs is 3. The molecule has 0 aliphatic carbocycles. The molecule has 28 heavy (non-hydrogen) atoms. The lowest BCUT2D eigenvalue weighted by Crippen LogP contribution is -2.37. The summed E-state index contributed by atoms with van der Waals surface area (Å²) < 4.78 is 11.6. The summed E-state index contributed by atoms with van der Waals surface area (Å²) in [5, 5.41) is 0. The molecule has 0 radical (unpaired) electrons. The smallest absolute Gasteiger partial charge is 0.332 e. The largest absolute Gasteiger partial charge is 0.484 e. The van der Waals surface area contributed by atoms with Crippen LogP contribution in [0.5, 0.6) is 5.75 Å². The van der Waals surface area contributed by atoms with Crippen LogP contribution in [0.2, 0.25) is 0 Å². The number of ether oxygens (including phenoxy) is 1. The highest BCUT2D eigenvalue weighted by atomic mass is 16.5. The Balaban J connectivity index is 2.05. The molecule has 0 unspecified atom stereocenters. The molecule has 0 spiro atoms. The third-order valence-corrected chi connectivity index (χ3v) is 4.68. The van der Waals surface area contributed by atoms with Gasteiger partial charge in [0.05, 0.1) is 5.69 Å². The average Bonchev–Trinajstić information content (AvgIpc) is 3.17. The van der Waals surface area contributed by atoms with Crippen LogP contribution in [0.1, 0.15) is 12.6 Å². The van der Waals surface area contributed by atoms with Crippen molar-refractivity contribution in [2.24, 2.45) is 14.1 Å². The number of hydrogen-bond donors (Lipinski definition) is 0. The quantitative estimate of drug-likeness (QED) is 0.525. The molecule has 1 aromatic carbocycles. The first-order chi connectivity index (χ1) is 13.3. The van der Waals surface area contributed by atoms with Crippen molar-refractivity contribution in [2.75, 3.05) is 6.61 Å². The molecular weight excluding hydrogens is 362 g/mol. The first-order valence-corrected chi connectivity index (χ1v) is 8.69. The lowest BCUT2D eigenvalue weighted by Gasteiger charge is -2.12. The van der Waals surface area contributed by atoms with Crippen molar-refractivity contribution in [1.82, 2.24) is 23.1 Å². The molecule has 0 aliphatic heterocycles. The second-order valence-corrected chi connectivity index (χ2v) is 6.72. The molecule has 0 atom stereocenters. The highest BCUT2D eigenvalue weighted by Crippen LogP contribution is 2.27. The van der Waals surface area contributed by atoms with E-state index in [4.69, 9.17) is 4.74 Å². The van der Waals surface area contributed by atoms with Gasteiger partial charge in [0.2, 0.25) is 5.78 Å². The first-order valence-electron chi connectivity index (χ1n) is 8.69. The van der Waals surface area contributed by atoms with Gasteiger partial charge in [-0.3, -0.25) is 27.7 Å². The van der Waals surface area contributed by atoms with Crippen molar-refractivity contribution in [2.45, 2.75) is 13.8 Å². The predicted octanol–water partition coefficient (Wildman–Crippen LogP) is 0.952. The van der Waals surface area contributed by atoms with Crippen LogP contribution in [0.3, 0.4) is 0 Å². The van der Waals surface area contributed by atoms with Crippen molar-refractivity contribution in [3.05, 3.63) is 57.0 Å². The first kappa shape index (κ1) is 17.8. The van der Waals surface area contributed by atoms with E-state index in [9.17, 15) is 14.4 Å². The maximum absolute atomic E-state index is 12.7. The Labute approximate surface area is 159 Å². The number of rotatable bonds is 4. The minimum Gasteiger partial charge on any atom is -0.484 e. The van der Waals surface area contributed by atoms with Crippen LogP contribution in [-0.4, -0.2) is 35.5 Å². The summed E-state index contributed by atoms with van der Waals surface area (Å²) >= 11 is 0. The molecule has 0 saturated carbocycles. The topological polar surface area (TPSA) is 92.5 Å². The summed E-state index contributed by atoms with van der Waals surface area (Å²) in [5.41, 5.74) is 1.28. The van der Waals surface area contributed by atoms with Gasteiger partial charge in [-0.1, -0.05) is 12.1 Å². The van der Waals surface area contributed by atoms with E-state index in [1.165, 1.54) is 18.5 Å². The molecule has 4 aromatic rings. The van der Waals surface area contributed by atoms with Gasteiger partial charge in [0, 0.05) is 26.0 Å². The minimum atomic E-state index is -0.438. The van der Waals surface area contributed by atoms with E-state index in [0.29, 0.717) is 28.4 Å². The summed E-state index contributed by atoms with van der Waals surface area (Å²) in [7, 11) is 3.02. The van der Waals surface area contributed by atoms with E-state index in [1.54, 1.807) is 23.7 Å².